The first-order valence-electron chi connectivity index (χ1n) is 7.35. The van der Waals surface area contributed by atoms with Gasteiger partial charge in [0.1, 0.15) is 5.75 Å². The highest BCUT2D eigenvalue weighted by atomic mass is 35.5. The quantitative estimate of drug-likeness (QED) is 0.908. The minimum atomic E-state index is -0.0657. The summed E-state index contributed by atoms with van der Waals surface area (Å²) in [6, 6.07) is 5.40. The van der Waals surface area contributed by atoms with Crippen molar-refractivity contribution in [3.63, 3.8) is 0 Å². The Hall–Kier alpha value is -1.22. The third kappa shape index (κ3) is 4.14. The highest BCUT2D eigenvalue weighted by molar-refractivity contribution is 6.30. The number of ether oxygens (including phenoxy) is 1. The van der Waals surface area contributed by atoms with Crippen molar-refractivity contribution >= 4 is 17.5 Å². The average Bonchev–Trinajstić information content (AvgIpc) is 2.41. The van der Waals surface area contributed by atoms with E-state index in [0.717, 1.165) is 12.8 Å². The van der Waals surface area contributed by atoms with Crippen LogP contribution in [0.1, 0.15) is 55.3 Å². The maximum absolute atomic E-state index is 12.4. The molecule has 0 heterocycles. The van der Waals surface area contributed by atoms with Gasteiger partial charge in [-0.2, -0.15) is 0 Å². The zero-order valence-electron chi connectivity index (χ0n) is 12.0. The van der Waals surface area contributed by atoms with Crippen molar-refractivity contribution < 1.29 is 9.53 Å². The number of nitrogens with one attached hydrogen (secondary N) is 1. The van der Waals surface area contributed by atoms with E-state index in [1.807, 2.05) is 0 Å². The smallest absolute Gasteiger partial charge is 0.255 e. The Bertz CT molecular complexity index is 454. The number of benzene rings is 1. The summed E-state index contributed by atoms with van der Waals surface area (Å²) in [6.45, 7) is 0. The van der Waals surface area contributed by atoms with E-state index in [2.05, 4.69) is 5.32 Å². The van der Waals surface area contributed by atoms with E-state index < -0.39 is 0 Å². The number of amides is 1. The lowest BCUT2D eigenvalue weighted by atomic mass is 9.96. The Balaban J connectivity index is 2.03. The second-order valence-corrected chi connectivity index (χ2v) is 5.80. The molecule has 0 atom stereocenters. The van der Waals surface area contributed by atoms with Crippen molar-refractivity contribution in [2.45, 2.75) is 51.0 Å². The van der Waals surface area contributed by atoms with Crippen LogP contribution in [0.5, 0.6) is 5.75 Å². The van der Waals surface area contributed by atoms with Gasteiger partial charge in [0.2, 0.25) is 0 Å². The van der Waals surface area contributed by atoms with Crippen LogP contribution >= 0.6 is 11.6 Å². The maximum atomic E-state index is 12.4. The maximum Gasteiger partial charge on any atom is 0.255 e. The van der Waals surface area contributed by atoms with Gasteiger partial charge in [-0.25, -0.2) is 0 Å². The zero-order valence-corrected chi connectivity index (χ0v) is 12.7. The molecule has 3 nitrogen and oxygen atoms in total. The van der Waals surface area contributed by atoms with E-state index in [0.29, 0.717) is 16.3 Å². The molecule has 0 radical (unpaired) electrons. The van der Waals surface area contributed by atoms with Crippen molar-refractivity contribution in [3.8, 4) is 5.75 Å². The molecule has 110 valence electrons. The molecule has 0 saturated heterocycles. The summed E-state index contributed by atoms with van der Waals surface area (Å²) < 4.78 is 5.24. The fourth-order valence-electron chi connectivity index (χ4n) is 2.72. The Labute approximate surface area is 125 Å². The molecule has 0 unspecified atom stereocenters. The molecule has 1 aromatic carbocycles. The molecule has 1 fully saturated rings. The summed E-state index contributed by atoms with van der Waals surface area (Å²) in [6.07, 6.45) is 8.41. The molecule has 4 heteroatoms. The summed E-state index contributed by atoms with van der Waals surface area (Å²) in [5.41, 5.74) is 0.555. The minimum Gasteiger partial charge on any atom is -0.496 e. The summed E-state index contributed by atoms with van der Waals surface area (Å²) >= 11 is 5.92. The Kier molecular flexibility index (Phi) is 5.72. The topological polar surface area (TPSA) is 38.3 Å². The number of hydrogen-bond donors (Lipinski definition) is 1. The van der Waals surface area contributed by atoms with Crippen molar-refractivity contribution in [1.29, 1.82) is 0 Å². The van der Waals surface area contributed by atoms with Crippen LogP contribution in [0, 0.1) is 0 Å². The van der Waals surface area contributed by atoms with E-state index in [1.54, 1.807) is 25.3 Å². The molecular weight excluding hydrogens is 274 g/mol. The fourth-order valence-corrected chi connectivity index (χ4v) is 2.88. The molecule has 0 bridgehead atoms. The van der Waals surface area contributed by atoms with E-state index >= 15 is 0 Å². The molecule has 1 saturated carbocycles. The van der Waals surface area contributed by atoms with Crippen LogP contribution in [0.15, 0.2) is 18.2 Å². The number of rotatable bonds is 3. The molecule has 20 heavy (non-hydrogen) atoms. The van der Waals surface area contributed by atoms with E-state index in [4.69, 9.17) is 16.3 Å². The fraction of sp³-hybridized carbons (Fsp3) is 0.562. The van der Waals surface area contributed by atoms with Gasteiger partial charge < -0.3 is 10.1 Å². The standard InChI is InChI=1S/C16H22ClNO2/c1-20-15-11-12(17)9-10-14(15)16(19)18-13-7-5-3-2-4-6-8-13/h9-11,13H,2-8H2,1H3,(H,18,19). The SMILES string of the molecule is COc1cc(Cl)ccc1C(=O)NC1CCCCCCC1. The Morgan fingerprint density at radius 3 is 2.50 bits per heavy atom. The first kappa shape index (κ1) is 15.2. The van der Waals surface area contributed by atoms with Gasteiger partial charge >= 0.3 is 0 Å². The largest absolute Gasteiger partial charge is 0.496 e. The summed E-state index contributed by atoms with van der Waals surface area (Å²) in [4.78, 5) is 12.4. The average molecular weight is 296 g/mol. The molecule has 0 spiro atoms. The third-order valence-electron chi connectivity index (χ3n) is 3.85. The molecule has 1 aromatic rings. The number of halogens is 1. The molecule has 1 aliphatic carbocycles. The van der Waals surface area contributed by atoms with Crippen LogP contribution in [-0.2, 0) is 0 Å². The third-order valence-corrected chi connectivity index (χ3v) is 4.08. The van der Waals surface area contributed by atoms with E-state index in [1.165, 1.54) is 32.1 Å². The van der Waals surface area contributed by atoms with Crippen molar-refractivity contribution in [2.24, 2.45) is 0 Å². The van der Waals surface area contributed by atoms with Crippen LogP contribution < -0.4 is 10.1 Å². The summed E-state index contributed by atoms with van der Waals surface area (Å²) in [5.74, 6) is 0.463. The molecule has 0 aliphatic heterocycles. The van der Waals surface area contributed by atoms with Crippen LogP contribution in [0.25, 0.3) is 0 Å². The lowest BCUT2D eigenvalue weighted by Crippen LogP contribution is -2.35. The molecule has 1 amide bonds. The number of methoxy groups -OCH3 is 1. The Morgan fingerprint density at radius 2 is 1.85 bits per heavy atom. The van der Waals surface area contributed by atoms with E-state index in [-0.39, 0.29) is 11.9 Å². The zero-order chi connectivity index (χ0) is 14.4. The van der Waals surface area contributed by atoms with Crippen LogP contribution in [0.4, 0.5) is 0 Å². The van der Waals surface area contributed by atoms with Gasteiger partial charge in [0.25, 0.3) is 5.91 Å². The highest BCUT2D eigenvalue weighted by Crippen LogP contribution is 2.24. The normalized spacial score (nSPS) is 17.1. The molecule has 2 rings (SSSR count). The summed E-state index contributed by atoms with van der Waals surface area (Å²) in [7, 11) is 1.55. The molecule has 1 aliphatic rings. The monoisotopic (exact) mass is 295 g/mol. The van der Waals surface area contributed by atoms with Gasteiger partial charge in [-0.15, -0.1) is 0 Å². The second-order valence-electron chi connectivity index (χ2n) is 5.36. The second kappa shape index (κ2) is 7.53. The first-order chi connectivity index (χ1) is 9.70. The molecular formula is C16H22ClNO2. The Morgan fingerprint density at radius 1 is 1.20 bits per heavy atom. The van der Waals surface area contributed by atoms with Crippen LogP contribution in [0.2, 0.25) is 5.02 Å². The lowest BCUT2D eigenvalue weighted by molar-refractivity contribution is 0.0927. The van der Waals surface area contributed by atoms with Crippen molar-refractivity contribution in [3.05, 3.63) is 28.8 Å². The number of carbonyl (C=O) groups is 1. The van der Waals surface area contributed by atoms with Gasteiger partial charge in [0.15, 0.2) is 0 Å². The summed E-state index contributed by atoms with van der Waals surface area (Å²) in [5, 5.41) is 3.71. The van der Waals surface area contributed by atoms with Gasteiger partial charge in [0, 0.05) is 11.1 Å². The highest BCUT2D eigenvalue weighted by Gasteiger charge is 2.18. The van der Waals surface area contributed by atoms with Gasteiger partial charge in [0.05, 0.1) is 12.7 Å². The minimum absolute atomic E-state index is 0.0657. The van der Waals surface area contributed by atoms with Crippen molar-refractivity contribution in [1.82, 2.24) is 5.32 Å². The van der Waals surface area contributed by atoms with Crippen LogP contribution in [-0.4, -0.2) is 19.1 Å². The van der Waals surface area contributed by atoms with Gasteiger partial charge in [-0.1, -0.05) is 43.7 Å². The van der Waals surface area contributed by atoms with Crippen LogP contribution in [0.3, 0.4) is 0 Å². The van der Waals surface area contributed by atoms with Gasteiger partial charge in [-0.05, 0) is 31.0 Å². The van der Waals surface area contributed by atoms with Gasteiger partial charge in [-0.3, -0.25) is 4.79 Å². The van der Waals surface area contributed by atoms with E-state index in [9.17, 15) is 4.79 Å². The first-order valence-corrected chi connectivity index (χ1v) is 7.73. The van der Waals surface area contributed by atoms with Crippen molar-refractivity contribution in [2.75, 3.05) is 7.11 Å². The molecule has 0 aromatic heterocycles. The predicted octanol–water partition coefficient (Wildman–Crippen LogP) is 4.19. The predicted molar refractivity (Wildman–Crippen MR) is 81.6 cm³/mol. The molecule has 1 N–H and O–H groups in total. The lowest BCUT2D eigenvalue weighted by Gasteiger charge is -2.21. The number of carbonyl (C=O) groups excluding carboxylic acids is 1. The number of hydrogen-bond acceptors (Lipinski definition) is 2.